The summed E-state index contributed by atoms with van der Waals surface area (Å²) in [6.45, 7) is 4.78. The van der Waals surface area contributed by atoms with Crippen LogP contribution in [-0.4, -0.2) is 37.1 Å². The van der Waals surface area contributed by atoms with Crippen molar-refractivity contribution in [2.24, 2.45) is 0 Å². The SMILES string of the molecule is CCCNc1ccc(C(=O)NC(C)COC)cc1[N+](=O)[O-]. The first-order valence-corrected chi connectivity index (χ1v) is 6.81. The van der Waals surface area contributed by atoms with Gasteiger partial charge < -0.3 is 15.4 Å². The van der Waals surface area contributed by atoms with Gasteiger partial charge in [0.2, 0.25) is 0 Å². The predicted octanol–water partition coefficient (Wildman–Crippen LogP) is 2.18. The summed E-state index contributed by atoms with van der Waals surface area (Å²) in [6, 6.07) is 4.25. The van der Waals surface area contributed by atoms with Gasteiger partial charge in [-0.2, -0.15) is 0 Å². The zero-order chi connectivity index (χ0) is 15.8. The fraction of sp³-hybridized carbons (Fsp3) is 0.500. The molecule has 1 atom stereocenters. The van der Waals surface area contributed by atoms with Gasteiger partial charge in [-0.1, -0.05) is 6.92 Å². The molecule has 7 heteroatoms. The minimum absolute atomic E-state index is 0.101. The molecule has 1 aromatic carbocycles. The molecule has 0 saturated heterocycles. The normalized spacial score (nSPS) is 11.8. The molecule has 0 aliphatic rings. The van der Waals surface area contributed by atoms with Crippen LogP contribution in [0.5, 0.6) is 0 Å². The third kappa shape index (κ3) is 5.03. The third-order valence-corrected chi connectivity index (χ3v) is 2.82. The van der Waals surface area contributed by atoms with Crippen LogP contribution in [0.15, 0.2) is 18.2 Å². The Morgan fingerprint density at radius 1 is 1.48 bits per heavy atom. The number of benzene rings is 1. The first-order chi connectivity index (χ1) is 9.99. The van der Waals surface area contributed by atoms with Gasteiger partial charge in [0.25, 0.3) is 11.6 Å². The van der Waals surface area contributed by atoms with E-state index >= 15 is 0 Å². The lowest BCUT2D eigenvalue weighted by molar-refractivity contribution is -0.384. The Balaban J connectivity index is 2.91. The van der Waals surface area contributed by atoms with E-state index in [0.717, 1.165) is 6.42 Å². The number of carbonyl (C=O) groups is 1. The average Bonchev–Trinajstić information content (AvgIpc) is 2.44. The highest BCUT2D eigenvalue weighted by molar-refractivity contribution is 5.95. The number of anilines is 1. The van der Waals surface area contributed by atoms with Crippen LogP contribution in [0.25, 0.3) is 0 Å². The molecular weight excluding hydrogens is 274 g/mol. The molecule has 0 radical (unpaired) electrons. The summed E-state index contributed by atoms with van der Waals surface area (Å²) >= 11 is 0. The van der Waals surface area contributed by atoms with Crippen molar-refractivity contribution in [3.63, 3.8) is 0 Å². The number of hydrogen-bond acceptors (Lipinski definition) is 5. The summed E-state index contributed by atoms with van der Waals surface area (Å²) in [5, 5.41) is 16.8. The summed E-state index contributed by atoms with van der Waals surface area (Å²) in [7, 11) is 1.54. The first-order valence-electron chi connectivity index (χ1n) is 6.81. The van der Waals surface area contributed by atoms with E-state index in [9.17, 15) is 14.9 Å². The van der Waals surface area contributed by atoms with Crippen LogP contribution in [0.3, 0.4) is 0 Å². The molecule has 0 bridgehead atoms. The lowest BCUT2D eigenvalue weighted by Crippen LogP contribution is -2.35. The molecule has 1 amide bonds. The van der Waals surface area contributed by atoms with E-state index in [1.165, 1.54) is 6.07 Å². The molecule has 1 rings (SSSR count). The van der Waals surface area contributed by atoms with E-state index < -0.39 is 4.92 Å². The summed E-state index contributed by atoms with van der Waals surface area (Å²) < 4.78 is 4.93. The van der Waals surface area contributed by atoms with Gasteiger partial charge in [-0.05, 0) is 25.5 Å². The Morgan fingerprint density at radius 2 is 2.19 bits per heavy atom. The second-order valence-electron chi connectivity index (χ2n) is 4.75. The number of nitro groups is 1. The number of ether oxygens (including phenoxy) is 1. The van der Waals surface area contributed by atoms with Crippen molar-refractivity contribution < 1.29 is 14.5 Å². The number of amides is 1. The van der Waals surface area contributed by atoms with Gasteiger partial charge in [0, 0.05) is 31.3 Å². The number of nitrogens with zero attached hydrogens (tertiary/aromatic N) is 1. The molecule has 7 nitrogen and oxygen atoms in total. The maximum Gasteiger partial charge on any atom is 0.293 e. The molecule has 0 aliphatic carbocycles. The fourth-order valence-corrected chi connectivity index (χ4v) is 1.83. The smallest absolute Gasteiger partial charge is 0.293 e. The van der Waals surface area contributed by atoms with Crippen molar-refractivity contribution in [1.29, 1.82) is 0 Å². The van der Waals surface area contributed by atoms with Crippen LogP contribution in [0.4, 0.5) is 11.4 Å². The molecule has 1 unspecified atom stereocenters. The van der Waals surface area contributed by atoms with Crippen molar-refractivity contribution in [2.75, 3.05) is 25.6 Å². The minimum atomic E-state index is -0.493. The van der Waals surface area contributed by atoms with Gasteiger partial charge >= 0.3 is 0 Å². The van der Waals surface area contributed by atoms with Crippen molar-refractivity contribution >= 4 is 17.3 Å². The zero-order valence-corrected chi connectivity index (χ0v) is 12.5. The number of nitrogens with one attached hydrogen (secondary N) is 2. The Labute approximate surface area is 123 Å². The maximum atomic E-state index is 12.0. The number of rotatable bonds is 8. The number of hydrogen-bond donors (Lipinski definition) is 2. The van der Waals surface area contributed by atoms with Gasteiger partial charge in [0.15, 0.2) is 0 Å². The Morgan fingerprint density at radius 3 is 2.76 bits per heavy atom. The molecular formula is C14H21N3O4. The molecule has 0 fully saturated rings. The van der Waals surface area contributed by atoms with Crippen LogP contribution >= 0.6 is 0 Å². The van der Waals surface area contributed by atoms with Crippen LogP contribution in [0.2, 0.25) is 0 Å². The van der Waals surface area contributed by atoms with E-state index in [1.807, 2.05) is 6.92 Å². The Bertz CT molecular complexity index is 505. The Hall–Kier alpha value is -2.15. The second-order valence-corrected chi connectivity index (χ2v) is 4.75. The monoisotopic (exact) mass is 295 g/mol. The van der Waals surface area contributed by atoms with Gasteiger partial charge in [0.1, 0.15) is 5.69 Å². The molecule has 0 heterocycles. The summed E-state index contributed by atoms with van der Waals surface area (Å²) in [5.41, 5.74) is 0.575. The number of nitro benzene ring substituents is 1. The van der Waals surface area contributed by atoms with Gasteiger partial charge in [0.05, 0.1) is 11.5 Å². The van der Waals surface area contributed by atoms with Crippen LogP contribution in [0, 0.1) is 10.1 Å². The number of methoxy groups -OCH3 is 1. The summed E-state index contributed by atoms with van der Waals surface area (Å²) in [4.78, 5) is 22.6. The second kappa shape index (κ2) is 8.21. The average molecular weight is 295 g/mol. The highest BCUT2D eigenvalue weighted by Gasteiger charge is 2.18. The van der Waals surface area contributed by atoms with Crippen LogP contribution < -0.4 is 10.6 Å². The van der Waals surface area contributed by atoms with E-state index in [4.69, 9.17) is 4.74 Å². The van der Waals surface area contributed by atoms with E-state index in [1.54, 1.807) is 26.2 Å². The van der Waals surface area contributed by atoms with Crippen molar-refractivity contribution in [3.8, 4) is 0 Å². The molecule has 0 aromatic heterocycles. The molecule has 2 N–H and O–H groups in total. The summed E-state index contributed by atoms with van der Waals surface area (Å²) in [6.07, 6.45) is 0.855. The van der Waals surface area contributed by atoms with Gasteiger partial charge in [-0.25, -0.2) is 0 Å². The molecule has 21 heavy (non-hydrogen) atoms. The highest BCUT2D eigenvalue weighted by Crippen LogP contribution is 2.25. The lowest BCUT2D eigenvalue weighted by Gasteiger charge is -2.13. The molecule has 0 aliphatic heterocycles. The van der Waals surface area contributed by atoms with Gasteiger partial charge in [-0.15, -0.1) is 0 Å². The Kier molecular flexibility index (Phi) is 6.61. The van der Waals surface area contributed by atoms with Crippen molar-refractivity contribution in [1.82, 2.24) is 5.32 Å². The zero-order valence-electron chi connectivity index (χ0n) is 12.5. The molecule has 0 saturated carbocycles. The predicted molar refractivity (Wildman–Crippen MR) is 80.7 cm³/mol. The largest absolute Gasteiger partial charge is 0.383 e. The highest BCUT2D eigenvalue weighted by atomic mass is 16.6. The van der Waals surface area contributed by atoms with E-state index in [2.05, 4.69) is 10.6 Å². The van der Waals surface area contributed by atoms with E-state index in [-0.39, 0.29) is 23.2 Å². The van der Waals surface area contributed by atoms with Crippen LogP contribution in [0.1, 0.15) is 30.6 Å². The van der Waals surface area contributed by atoms with Gasteiger partial charge in [-0.3, -0.25) is 14.9 Å². The standard InChI is InChI=1S/C14H21N3O4/c1-4-7-15-12-6-5-11(8-13(12)17(19)20)14(18)16-10(2)9-21-3/h5-6,8,10,15H,4,7,9H2,1-3H3,(H,16,18). The topological polar surface area (TPSA) is 93.5 Å². The number of carbonyl (C=O) groups excluding carboxylic acids is 1. The molecule has 0 spiro atoms. The molecule has 116 valence electrons. The molecule has 1 aromatic rings. The lowest BCUT2D eigenvalue weighted by atomic mass is 10.1. The third-order valence-electron chi connectivity index (χ3n) is 2.82. The van der Waals surface area contributed by atoms with Crippen molar-refractivity contribution in [2.45, 2.75) is 26.3 Å². The first kappa shape index (κ1) is 16.9. The van der Waals surface area contributed by atoms with E-state index in [0.29, 0.717) is 18.8 Å². The fourth-order valence-electron chi connectivity index (χ4n) is 1.83. The maximum absolute atomic E-state index is 12.0. The minimum Gasteiger partial charge on any atom is -0.383 e. The van der Waals surface area contributed by atoms with Crippen molar-refractivity contribution in [3.05, 3.63) is 33.9 Å². The van der Waals surface area contributed by atoms with Crippen LogP contribution in [-0.2, 0) is 4.74 Å². The quantitative estimate of drug-likeness (QED) is 0.566. The summed E-state index contributed by atoms with van der Waals surface area (Å²) in [5.74, 6) is -0.357.